The number of carbonyl (C=O) groups is 4. The van der Waals surface area contributed by atoms with Crippen LogP contribution in [0.2, 0.25) is 0 Å². The van der Waals surface area contributed by atoms with Gasteiger partial charge in [0, 0.05) is 95.7 Å². The van der Waals surface area contributed by atoms with Crippen molar-refractivity contribution in [1.82, 2.24) is 20.4 Å². The molecule has 0 unspecified atom stereocenters. The second kappa shape index (κ2) is 16.1. The first-order chi connectivity index (χ1) is 27.5. The SMILES string of the molecule is CN1C(C)(C)CC(OC(=O)c2cc(C(=O)OC3CC(C)(C)NC(C)(C)C3)c(F)c(C(=O)OC3CC(C)(C)N(C)C(C)(C)C3)c2C(=O)OC2CC(C)(C)NC(C)(C)C2)CC1(C)C. The predicted octanol–water partition coefficient (Wildman–Crippen LogP) is 8.37. The van der Waals surface area contributed by atoms with Crippen LogP contribution in [0, 0.1) is 5.82 Å². The molecule has 0 aromatic heterocycles. The zero-order chi connectivity index (χ0) is 46.3. The van der Waals surface area contributed by atoms with E-state index in [0.717, 1.165) is 6.07 Å². The van der Waals surface area contributed by atoms with Crippen LogP contribution in [-0.4, -0.2) is 116 Å². The highest BCUT2D eigenvalue weighted by Crippen LogP contribution is 2.41. The minimum Gasteiger partial charge on any atom is -0.459 e. The van der Waals surface area contributed by atoms with E-state index in [1.165, 1.54) is 0 Å². The molecule has 0 atom stereocenters. The molecular weight excluding hydrogens is 780 g/mol. The summed E-state index contributed by atoms with van der Waals surface area (Å²) in [6.45, 7) is 32.4. The number of piperidine rings is 4. The minimum atomic E-state index is -1.31. The van der Waals surface area contributed by atoms with Crippen molar-refractivity contribution in [2.45, 2.75) is 231 Å². The number of likely N-dealkylation sites (tertiary alicyclic amines) is 2. The number of rotatable bonds is 8. The predicted molar refractivity (Wildman–Crippen MR) is 235 cm³/mol. The van der Waals surface area contributed by atoms with Crippen LogP contribution in [0.3, 0.4) is 0 Å². The van der Waals surface area contributed by atoms with Gasteiger partial charge in [0.2, 0.25) is 0 Å². The summed E-state index contributed by atoms with van der Waals surface area (Å²) in [6, 6.07) is 1.01. The molecule has 61 heavy (non-hydrogen) atoms. The van der Waals surface area contributed by atoms with Gasteiger partial charge in [0.15, 0.2) is 5.82 Å². The third-order valence-electron chi connectivity index (χ3n) is 14.1. The van der Waals surface area contributed by atoms with Crippen LogP contribution in [0.4, 0.5) is 4.39 Å². The van der Waals surface area contributed by atoms with Crippen molar-refractivity contribution in [3.8, 4) is 0 Å². The van der Waals surface area contributed by atoms with Gasteiger partial charge in [0.05, 0.1) is 16.7 Å². The third-order valence-corrected chi connectivity index (χ3v) is 14.1. The topological polar surface area (TPSA) is 136 Å². The molecule has 5 rings (SSSR count). The van der Waals surface area contributed by atoms with E-state index in [1.807, 2.05) is 97.2 Å². The quantitative estimate of drug-likeness (QED) is 0.192. The highest BCUT2D eigenvalue weighted by Gasteiger charge is 2.48. The van der Waals surface area contributed by atoms with Gasteiger partial charge in [-0.2, -0.15) is 0 Å². The highest BCUT2D eigenvalue weighted by molar-refractivity contribution is 6.12. The van der Waals surface area contributed by atoms with Gasteiger partial charge in [0.1, 0.15) is 30.0 Å². The molecule has 0 amide bonds. The van der Waals surface area contributed by atoms with Crippen LogP contribution >= 0.6 is 0 Å². The van der Waals surface area contributed by atoms with Crippen LogP contribution in [-0.2, 0) is 18.9 Å². The molecule has 0 aliphatic carbocycles. The molecule has 12 nitrogen and oxygen atoms in total. The zero-order valence-corrected chi connectivity index (χ0v) is 40.6. The van der Waals surface area contributed by atoms with Crippen molar-refractivity contribution in [1.29, 1.82) is 0 Å². The Morgan fingerprint density at radius 3 is 1.05 bits per heavy atom. The fraction of sp³-hybridized carbons (Fsp3) is 0.792. The van der Waals surface area contributed by atoms with Gasteiger partial charge in [0.25, 0.3) is 0 Å². The number of hydrogen-bond acceptors (Lipinski definition) is 12. The number of nitrogens with zero attached hydrogens (tertiary/aromatic N) is 2. The lowest BCUT2D eigenvalue weighted by atomic mass is 9.78. The Bertz CT molecular complexity index is 1830. The van der Waals surface area contributed by atoms with E-state index >= 15 is 4.39 Å². The number of carbonyl (C=O) groups excluding carboxylic acids is 4. The summed E-state index contributed by atoms with van der Waals surface area (Å²) in [6.07, 6.45) is 0.890. The standard InChI is InChI=1S/C48H77FN4O8/c1-41(2)20-28(21-42(3,4)50-41)58-38(55)33-19-32(37(54)59-30-24-45(9,10)52(17)46(11,12)25-30)34(39(56)60-29-22-43(5,6)51-44(7,8)23-29)35(36(33)49)40(57)61-31-26-47(13,14)53(18)48(15,16)27-31/h19,28-31,50-51H,20-27H2,1-18H3. The number of ether oxygens (including phenoxy) is 4. The summed E-state index contributed by atoms with van der Waals surface area (Å²) in [7, 11) is 4.04. The van der Waals surface area contributed by atoms with Crippen molar-refractivity contribution in [3.05, 3.63) is 34.1 Å². The molecule has 4 heterocycles. The molecule has 1 aromatic carbocycles. The van der Waals surface area contributed by atoms with Gasteiger partial charge in [-0.05, 0) is 131 Å². The first kappa shape index (κ1) is 48.9. The summed E-state index contributed by atoms with van der Waals surface area (Å²) in [4.78, 5) is 63.1. The average Bonchev–Trinajstić information content (AvgIpc) is 3.02. The molecule has 344 valence electrons. The summed E-state index contributed by atoms with van der Waals surface area (Å²) in [5, 5.41) is 7.12. The van der Waals surface area contributed by atoms with Crippen LogP contribution in [0.5, 0.6) is 0 Å². The van der Waals surface area contributed by atoms with E-state index in [4.69, 9.17) is 18.9 Å². The molecule has 4 aliphatic heterocycles. The van der Waals surface area contributed by atoms with Gasteiger partial charge in [-0.25, -0.2) is 23.6 Å². The first-order valence-corrected chi connectivity index (χ1v) is 22.2. The summed E-state index contributed by atoms with van der Waals surface area (Å²) in [5.74, 6) is -5.61. The van der Waals surface area contributed by atoms with Crippen LogP contribution in [0.25, 0.3) is 0 Å². The maximum Gasteiger partial charge on any atom is 0.342 e. The number of halogens is 1. The van der Waals surface area contributed by atoms with Gasteiger partial charge in [-0.15, -0.1) is 0 Å². The number of nitrogens with one attached hydrogen (secondary N) is 2. The summed E-state index contributed by atoms with van der Waals surface area (Å²) >= 11 is 0. The second-order valence-electron chi connectivity index (χ2n) is 23.9. The number of benzene rings is 1. The van der Waals surface area contributed by atoms with E-state index in [9.17, 15) is 19.2 Å². The molecule has 2 N–H and O–H groups in total. The van der Waals surface area contributed by atoms with Crippen molar-refractivity contribution in [2.24, 2.45) is 0 Å². The van der Waals surface area contributed by atoms with E-state index in [1.54, 1.807) is 0 Å². The number of esters is 4. The summed E-state index contributed by atoms with van der Waals surface area (Å²) < 4.78 is 42.2. The van der Waals surface area contributed by atoms with Gasteiger partial charge in [-0.1, -0.05) is 0 Å². The Hall–Kier alpha value is -3.13. The van der Waals surface area contributed by atoms with Gasteiger partial charge < -0.3 is 29.6 Å². The molecule has 0 spiro atoms. The summed E-state index contributed by atoms with van der Waals surface area (Å²) in [5.41, 5.74) is -5.85. The van der Waals surface area contributed by atoms with Crippen molar-refractivity contribution >= 4 is 23.9 Å². The Morgan fingerprint density at radius 1 is 0.459 bits per heavy atom. The fourth-order valence-corrected chi connectivity index (χ4v) is 11.6. The monoisotopic (exact) mass is 857 g/mol. The molecule has 4 aliphatic rings. The van der Waals surface area contributed by atoms with E-state index in [2.05, 4.69) is 48.1 Å². The maximum absolute atomic E-state index is 17.5. The van der Waals surface area contributed by atoms with Crippen molar-refractivity contribution < 1.29 is 42.5 Å². The molecule has 0 saturated carbocycles. The minimum absolute atomic E-state index is 0.373. The average molecular weight is 857 g/mol. The van der Waals surface area contributed by atoms with E-state index in [-0.39, 0.29) is 11.1 Å². The third kappa shape index (κ3) is 11.0. The molecule has 4 fully saturated rings. The van der Waals surface area contributed by atoms with E-state index in [0.29, 0.717) is 51.4 Å². The molecule has 0 bridgehead atoms. The van der Waals surface area contributed by atoms with Crippen LogP contribution in [0.15, 0.2) is 6.07 Å². The lowest BCUT2D eigenvalue weighted by Gasteiger charge is -2.53. The smallest absolute Gasteiger partial charge is 0.342 e. The van der Waals surface area contributed by atoms with Crippen LogP contribution < -0.4 is 10.6 Å². The van der Waals surface area contributed by atoms with Gasteiger partial charge >= 0.3 is 23.9 Å². The van der Waals surface area contributed by atoms with Crippen LogP contribution in [0.1, 0.15) is 204 Å². The normalized spacial score (nSPS) is 26.2. The Labute approximate surface area is 365 Å². The Balaban J connectivity index is 1.67. The molecule has 13 heteroatoms. The lowest BCUT2D eigenvalue weighted by molar-refractivity contribution is -0.0737. The second-order valence-corrected chi connectivity index (χ2v) is 23.9. The van der Waals surface area contributed by atoms with Crippen molar-refractivity contribution in [3.63, 3.8) is 0 Å². The largest absolute Gasteiger partial charge is 0.459 e. The van der Waals surface area contributed by atoms with E-state index < -0.39 is 110 Å². The lowest BCUT2D eigenvalue weighted by Crippen LogP contribution is -2.60. The Kier molecular flexibility index (Phi) is 12.9. The van der Waals surface area contributed by atoms with Crippen molar-refractivity contribution in [2.75, 3.05) is 14.1 Å². The maximum atomic E-state index is 17.5. The Morgan fingerprint density at radius 2 is 0.721 bits per heavy atom. The van der Waals surface area contributed by atoms with Gasteiger partial charge in [-0.3, -0.25) is 9.80 Å². The number of hydrogen-bond donors (Lipinski definition) is 2. The zero-order valence-electron chi connectivity index (χ0n) is 40.6. The molecular formula is C48H77FN4O8. The molecule has 0 radical (unpaired) electrons. The molecule has 1 aromatic rings. The molecule has 4 saturated heterocycles. The highest BCUT2D eigenvalue weighted by atomic mass is 19.1. The first-order valence-electron chi connectivity index (χ1n) is 22.2. The fourth-order valence-electron chi connectivity index (χ4n) is 11.6.